The van der Waals surface area contributed by atoms with Gasteiger partial charge in [0.05, 0.1) is 17.6 Å². The second kappa shape index (κ2) is 6.68. The van der Waals surface area contributed by atoms with Crippen LogP contribution < -0.4 is 5.73 Å². The van der Waals surface area contributed by atoms with Gasteiger partial charge in [-0.2, -0.15) is 0 Å². The summed E-state index contributed by atoms with van der Waals surface area (Å²) in [5, 5.41) is 19.0. The highest BCUT2D eigenvalue weighted by atomic mass is 32.1. The zero-order chi connectivity index (χ0) is 13.7. The molecule has 1 aromatic carbocycles. The highest BCUT2D eigenvalue weighted by molar-refractivity contribution is 7.80. The maximum Gasteiger partial charge on any atom is 0.120 e. The number of phenolic OH excluding ortho intramolecular Hbond substituents is 1. The topological polar surface area (TPSA) is 69.7 Å². The molecule has 0 aromatic heterocycles. The first kappa shape index (κ1) is 14.9. The molecule has 0 aliphatic carbocycles. The lowest BCUT2D eigenvalue weighted by Gasteiger charge is -2.30. The number of nitrogens with two attached hydrogens (primary N) is 1. The van der Waals surface area contributed by atoms with Crippen molar-refractivity contribution in [2.75, 3.05) is 19.7 Å². The molecule has 1 unspecified atom stereocenters. The molecule has 0 aliphatic rings. The molecule has 0 spiro atoms. The summed E-state index contributed by atoms with van der Waals surface area (Å²) in [7, 11) is 0. The third-order valence-electron chi connectivity index (χ3n) is 2.91. The lowest BCUT2D eigenvalue weighted by atomic mass is 10.0. The number of aliphatic hydroxyl groups excluding tert-OH is 1. The Morgan fingerprint density at radius 1 is 1.50 bits per heavy atom. The number of rotatable bonds is 6. The lowest BCUT2D eigenvalue weighted by Crippen LogP contribution is -2.38. The maximum absolute atomic E-state index is 9.96. The van der Waals surface area contributed by atoms with Crippen molar-refractivity contribution in [1.82, 2.24) is 4.90 Å². The van der Waals surface area contributed by atoms with Crippen molar-refractivity contribution in [2.24, 2.45) is 5.73 Å². The van der Waals surface area contributed by atoms with Crippen LogP contribution in [-0.4, -0.2) is 39.8 Å². The van der Waals surface area contributed by atoms with Gasteiger partial charge in [0.1, 0.15) is 5.75 Å². The van der Waals surface area contributed by atoms with Gasteiger partial charge in [-0.1, -0.05) is 36.8 Å². The molecule has 1 aromatic rings. The van der Waals surface area contributed by atoms with Crippen molar-refractivity contribution in [3.63, 3.8) is 0 Å². The molecular weight excluding hydrogens is 248 g/mol. The molecule has 18 heavy (non-hydrogen) atoms. The van der Waals surface area contributed by atoms with E-state index in [9.17, 15) is 5.11 Å². The van der Waals surface area contributed by atoms with E-state index in [1.165, 1.54) is 0 Å². The Bertz CT molecular complexity index is 423. The number of aryl methyl sites for hydroxylation is 1. The molecule has 0 saturated heterocycles. The molecule has 0 amide bonds. The van der Waals surface area contributed by atoms with Gasteiger partial charge < -0.3 is 15.9 Å². The zero-order valence-electron chi connectivity index (χ0n) is 10.8. The van der Waals surface area contributed by atoms with Gasteiger partial charge in [0.25, 0.3) is 0 Å². The van der Waals surface area contributed by atoms with Crippen molar-refractivity contribution < 1.29 is 10.2 Å². The fraction of sp³-hybridized carbons (Fsp3) is 0.462. The quantitative estimate of drug-likeness (QED) is 0.679. The molecule has 1 atom stereocenters. The van der Waals surface area contributed by atoms with Gasteiger partial charge in [-0.05, 0) is 19.5 Å². The number of phenols is 1. The molecule has 4 nitrogen and oxygen atoms in total. The average molecular weight is 268 g/mol. The lowest BCUT2D eigenvalue weighted by molar-refractivity contribution is 0.184. The Morgan fingerprint density at radius 2 is 2.17 bits per heavy atom. The minimum absolute atomic E-state index is 0.0273. The van der Waals surface area contributed by atoms with Crippen LogP contribution in [0.25, 0.3) is 0 Å². The number of likely N-dealkylation sites (N-methyl/N-ethyl adjacent to an activating group) is 1. The highest BCUT2D eigenvalue weighted by Crippen LogP contribution is 2.29. The molecule has 1 rings (SSSR count). The Kier molecular flexibility index (Phi) is 5.53. The van der Waals surface area contributed by atoms with Crippen LogP contribution in [0.3, 0.4) is 0 Å². The van der Waals surface area contributed by atoms with Gasteiger partial charge >= 0.3 is 0 Å². The summed E-state index contributed by atoms with van der Waals surface area (Å²) in [5.74, 6) is 0.176. The summed E-state index contributed by atoms with van der Waals surface area (Å²) in [6, 6.07) is 5.00. The van der Waals surface area contributed by atoms with E-state index in [1.807, 2.05) is 30.9 Å². The largest absolute Gasteiger partial charge is 0.508 e. The molecule has 0 fully saturated rings. The van der Waals surface area contributed by atoms with Gasteiger partial charge in [0.15, 0.2) is 0 Å². The van der Waals surface area contributed by atoms with Crippen molar-refractivity contribution in [2.45, 2.75) is 19.9 Å². The minimum Gasteiger partial charge on any atom is -0.508 e. The van der Waals surface area contributed by atoms with Crippen LogP contribution in [0.2, 0.25) is 0 Å². The number of hydrogen-bond acceptors (Lipinski definition) is 4. The predicted molar refractivity (Wildman–Crippen MR) is 76.7 cm³/mol. The molecule has 0 radical (unpaired) electrons. The first-order valence-corrected chi connectivity index (χ1v) is 6.35. The average Bonchev–Trinajstić information content (AvgIpc) is 2.32. The van der Waals surface area contributed by atoms with E-state index in [1.54, 1.807) is 6.07 Å². The van der Waals surface area contributed by atoms with E-state index < -0.39 is 0 Å². The zero-order valence-corrected chi connectivity index (χ0v) is 11.6. The molecule has 5 heteroatoms. The van der Waals surface area contributed by atoms with Crippen LogP contribution >= 0.6 is 12.2 Å². The summed E-state index contributed by atoms with van der Waals surface area (Å²) in [6.07, 6.45) is 0. The Balaban J connectivity index is 3.18. The molecule has 0 aliphatic heterocycles. The fourth-order valence-corrected chi connectivity index (χ4v) is 2.30. The summed E-state index contributed by atoms with van der Waals surface area (Å²) in [6.45, 7) is 5.09. The molecule has 100 valence electrons. The maximum atomic E-state index is 9.96. The van der Waals surface area contributed by atoms with Crippen LogP contribution in [0.1, 0.15) is 24.1 Å². The van der Waals surface area contributed by atoms with Gasteiger partial charge in [-0.15, -0.1) is 0 Å². The Morgan fingerprint density at radius 3 is 2.67 bits per heavy atom. The summed E-state index contributed by atoms with van der Waals surface area (Å²) in [5.41, 5.74) is 7.52. The van der Waals surface area contributed by atoms with Crippen LogP contribution in [-0.2, 0) is 0 Å². The number of thiocarbonyl (C=S) groups is 1. The van der Waals surface area contributed by atoms with E-state index in [0.717, 1.165) is 5.56 Å². The minimum atomic E-state index is -0.350. The van der Waals surface area contributed by atoms with Crippen LogP contribution in [0.5, 0.6) is 5.75 Å². The van der Waals surface area contributed by atoms with Gasteiger partial charge in [0, 0.05) is 12.1 Å². The van der Waals surface area contributed by atoms with E-state index in [-0.39, 0.29) is 18.4 Å². The third-order valence-corrected chi connectivity index (χ3v) is 3.13. The van der Waals surface area contributed by atoms with Crippen LogP contribution in [0, 0.1) is 6.92 Å². The number of hydrogen-bond donors (Lipinski definition) is 3. The monoisotopic (exact) mass is 268 g/mol. The normalized spacial score (nSPS) is 12.7. The first-order chi connectivity index (χ1) is 8.51. The van der Waals surface area contributed by atoms with Gasteiger partial charge in [0.2, 0.25) is 0 Å². The van der Waals surface area contributed by atoms with Crippen molar-refractivity contribution in [3.05, 3.63) is 29.3 Å². The number of aliphatic hydroxyl groups is 1. The van der Waals surface area contributed by atoms with Crippen molar-refractivity contribution in [1.29, 1.82) is 0 Å². The van der Waals surface area contributed by atoms with Crippen LogP contribution in [0.15, 0.2) is 18.2 Å². The van der Waals surface area contributed by atoms with Crippen molar-refractivity contribution >= 4 is 17.2 Å². The summed E-state index contributed by atoms with van der Waals surface area (Å²) >= 11 is 5.10. The number of benzene rings is 1. The van der Waals surface area contributed by atoms with Gasteiger partial charge in [-0.25, -0.2) is 0 Å². The van der Waals surface area contributed by atoms with E-state index >= 15 is 0 Å². The van der Waals surface area contributed by atoms with E-state index in [4.69, 9.17) is 23.1 Å². The second-order valence-electron chi connectivity index (χ2n) is 4.22. The molecule has 4 N–H and O–H groups in total. The van der Waals surface area contributed by atoms with E-state index in [0.29, 0.717) is 23.6 Å². The Hall–Kier alpha value is -1.17. The van der Waals surface area contributed by atoms with Gasteiger partial charge in [-0.3, -0.25) is 4.90 Å². The molecule has 0 saturated carbocycles. The first-order valence-electron chi connectivity index (χ1n) is 5.95. The van der Waals surface area contributed by atoms with E-state index in [2.05, 4.69) is 0 Å². The second-order valence-corrected chi connectivity index (χ2v) is 4.69. The smallest absolute Gasteiger partial charge is 0.120 e. The fourth-order valence-electron chi connectivity index (χ4n) is 2.02. The SMILES string of the molecule is CCN(CCO)C(C(N)=S)c1cc(C)ccc1O. The standard InChI is InChI=1S/C13H20N2O2S/c1-3-15(6-7-16)12(13(14)18)10-8-9(2)4-5-11(10)17/h4-5,8,12,16-17H,3,6-7H2,1-2H3,(H2,14,18). The number of aromatic hydroxyl groups is 1. The molecule has 0 bridgehead atoms. The van der Waals surface area contributed by atoms with Crippen molar-refractivity contribution in [3.8, 4) is 5.75 Å². The Labute approximate surface area is 113 Å². The predicted octanol–water partition coefficient (Wildman–Crippen LogP) is 1.34. The third kappa shape index (κ3) is 3.41. The number of nitrogens with zero attached hydrogens (tertiary/aromatic N) is 1. The van der Waals surface area contributed by atoms with Crippen LogP contribution in [0.4, 0.5) is 0 Å². The summed E-state index contributed by atoms with van der Waals surface area (Å²) < 4.78 is 0. The molecule has 0 heterocycles. The molecular formula is C13H20N2O2S. The highest BCUT2D eigenvalue weighted by Gasteiger charge is 2.24. The summed E-state index contributed by atoms with van der Waals surface area (Å²) in [4.78, 5) is 2.24.